The Morgan fingerprint density at radius 1 is 1.17 bits per heavy atom. The molecule has 3 N–H and O–H groups in total. The number of nitrogens with one attached hydrogen (secondary N) is 2. The van der Waals surface area contributed by atoms with Gasteiger partial charge in [0.15, 0.2) is 0 Å². The van der Waals surface area contributed by atoms with Crippen molar-refractivity contribution in [1.82, 2.24) is 15.5 Å². The Morgan fingerprint density at radius 3 is 2.43 bits per heavy atom. The molecule has 0 aliphatic carbocycles. The topological polar surface area (TPSA) is 142 Å². The number of likely N-dealkylation sites (tertiary alicyclic amines) is 1. The first-order chi connectivity index (χ1) is 16.4. The fraction of sp³-hybridized carbons (Fsp3) is 0.522. The minimum absolute atomic E-state index is 0.0131. The monoisotopic (exact) mass is 497 g/mol. The molecule has 0 aromatic heterocycles. The average Bonchev–Trinajstić information content (AvgIpc) is 3.30. The Bertz CT molecular complexity index is 940. The van der Waals surface area contributed by atoms with Gasteiger partial charge in [-0.05, 0) is 24.3 Å². The van der Waals surface area contributed by atoms with E-state index in [1.807, 2.05) is 6.07 Å². The highest BCUT2D eigenvalue weighted by atomic mass is 19.3. The van der Waals surface area contributed by atoms with Crippen LogP contribution in [-0.4, -0.2) is 70.8 Å². The molecule has 0 radical (unpaired) electrons. The summed E-state index contributed by atoms with van der Waals surface area (Å²) in [6.07, 6.45) is -0.627. The van der Waals surface area contributed by atoms with Gasteiger partial charge in [-0.25, -0.2) is 4.79 Å². The molecule has 1 heterocycles. The molecule has 0 spiro atoms. The molecule has 35 heavy (non-hydrogen) atoms. The Kier molecular flexibility index (Phi) is 9.67. The average molecular weight is 497 g/mol. The summed E-state index contributed by atoms with van der Waals surface area (Å²) in [5.74, 6) is -11.2. The first-order valence-electron chi connectivity index (χ1n) is 11.1. The van der Waals surface area contributed by atoms with Gasteiger partial charge in [0.05, 0.1) is 12.5 Å². The summed E-state index contributed by atoms with van der Waals surface area (Å²) in [6, 6.07) is 6.15. The van der Waals surface area contributed by atoms with E-state index in [4.69, 9.17) is 9.84 Å². The second-order valence-corrected chi connectivity index (χ2v) is 8.46. The Balaban J connectivity index is 2.03. The third-order valence-corrected chi connectivity index (χ3v) is 5.46. The zero-order chi connectivity index (χ0) is 26.2. The normalized spacial score (nSPS) is 16.5. The Labute approximate surface area is 201 Å². The van der Waals surface area contributed by atoms with Gasteiger partial charge < -0.3 is 20.5 Å². The van der Waals surface area contributed by atoms with E-state index in [1.165, 1.54) is 18.7 Å². The van der Waals surface area contributed by atoms with E-state index < -0.39 is 66.5 Å². The number of carbonyl (C=O) groups is 5. The summed E-state index contributed by atoms with van der Waals surface area (Å²) < 4.78 is 34.2. The second-order valence-electron chi connectivity index (χ2n) is 8.46. The van der Waals surface area contributed by atoms with Crippen LogP contribution in [0.1, 0.15) is 38.7 Å². The summed E-state index contributed by atoms with van der Waals surface area (Å²) in [6.45, 7) is 2.45. The van der Waals surface area contributed by atoms with Crippen molar-refractivity contribution in [3.63, 3.8) is 0 Å². The maximum absolute atomic E-state index is 14.5. The molecule has 3 amide bonds. The number of halogens is 2. The molecular weight excluding hydrogens is 468 g/mol. The number of hydrogen-bond donors (Lipinski definition) is 3. The molecule has 2 rings (SSSR count). The number of ether oxygens (including phenoxy) is 1. The van der Waals surface area contributed by atoms with E-state index in [2.05, 4.69) is 5.32 Å². The molecule has 2 atom stereocenters. The summed E-state index contributed by atoms with van der Waals surface area (Å²) in [5.41, 5.74) is 0.746. The van der Waals surface area contributed by atoms with Gasteiger partial charge in [0.2, 0.25) is 11.7 Å². The van der Waals surface area contributed by atoms with Crippen molar-refractivity contribution in [1.29, 1.82) is 0 Å². The number of Topliss-reactive ketones (excluding diaryl/α,β-unsaturated/α-hetero) is 1. The molecule has 1 aliphatic rings. The summed E-state index contributed by atoms with van der Waals surface area (Å²) in [4.78, 5) is 61.4. The minimum Gasteiger partial charge on any atom is -0.481 e. The highest BCUT2D eigenvalue weighted by molar-refractivity contribution is 6.10. The van der Waals surface area contributed by atoms with Crippen LogP contribution in [0.5, 0.6) is 0 Å². The van der Waals surface area contributed by atoms with Crippen LogP contribution in [0.3, 0.4) is 0 Å². The van der Waals surface area contributed by atoms with Gasteiger partial charge in [-0.1, -0.05) is 44.2 Å². The van der Waals surface area contributed by atoms with Crippen LogP contribution in [0.4, 0.5) is 13.6 Å². The lowest BCUT2D eigenvalue weighted by Gasteiger charge is -2.28. The molecule has 0 saturated carbocycles. The van der Waals surface area contributed by atoms with Crippen molar-refractivity contribution in [3.8, 4) is 0 Å². The number of alkyl halides is 2. The number of carboxylic acids is 1. The Hall–Kier alpha value is -3.57. The molecule has 1 aromatic carbocycles. The van der Waals surface area contributed by atoms with Crippen LogP contribution in [0.2, 0.25) is 0 Å². The van der Waals surface area contributed by atoms with E-state index in [9.17, 15) is 32.8 Å². The van der Waals surface area contributed by atoms with Crippen molar-refractivity contribution in [3.05, 3.63) is 35.9 Å². The largest absolute Gasteiger partial charge is 0.481 e. The first kappa shape index (κ1) is 27.7. The fourth-order valence-electron chi connectivity index (χ4n) is 3.55. The fourth-order valence-corrected chi connectivity index (χ4v) is 3.55. The van der Waals surface area contributed by atoms with Crippen molar-refractivity contribution in [2.45, 2.75) is 57.7 Å². The predicted molar refractivity (Wildman–Crippen MR) is 118 cm³/mol. The molecule has 192 valence electrons. The van der Waals surface area contributed by atoms with Gasteiger partial charge in [-0.2, -0.15) is 8.78 Å². The summed E-state index contributed by atoms with van der Waals surface area (Å²) in [7, 11) is 0. The molecule has 1 aromatic rings. The quantitative estimate of drug-likeness (QED) is 0.395. The minimum atomic E-state index is -4.50. The molecule has 12 heteroatoms. The number of benzene rings is 1. The number of nitrogens with zero attached hydrogens (tertiary/aromatic N) is 1. The van der Waals surface area contributed by atoms with Gasteiger partial charge in [-0.3, -0.25) is 24.1 Å². The number of carbonyl (C=O) groups excluding carboxylic acids is 4. The van der Waals surface area contributed by atoms with Crippen LogP contribution in [-0.2, 0) is 30.5 Å². The Morgan fingerprint density at radius 2 is 1.83 bits per heavy atom. The predicted octanol–water partition coefficient (Wildman–Crippen LogP) is 1.72. The summed E-state index contributed by atoms with van der Waals surface area (Å²) >= 11 is 0. The van der Waals surface area contributed by atoms with Crippen molar-refractivity contribution in [2.24, 2.45) is 5.92 Å². The maximum atomic E-state index is 14.5. The van der Waals surface area contributed by atoms with Gasteiger partial charge in [-0.15, -0.1) is 0 Å². The standard InChI is InChI=1S/C23H29F2N3O7/c1-14(2)18(19(31)23(24,25)21(33)26-11-10-17(29)30)27-20(32)16-9-6-12-28(16)22(34)35-13-15-7-4-3-5-8-15/h3-5,7-8,14,16,18H,6,9-13H2,1-2H3,(H,26,33)(H,27,32)(H,29,30). The number of carboxylic acid groups (broad SMARTS) is 1. The first-order valence-corrected chi connectivity index (χ1v) is 11.1. The van der Waals surface area contributed by atoms with Gasteiger partial charge in [0.1, 0.15) is 12.6 Å². The lowest BCUT2D eigenvalue weighted by molar-refractivity contribution is -0.161. The summed E-state index contributed by atoms with van der Waals surface area (Å²) in [5, 5.41) is 12.5. The third kappa shape index (κ3) is 7.46. The zero-order valence-corrected chi connectivity index (χ0v) is 19.5. The number of hydrogen-bond acceptors (Lipinski definition) is 6. The smallest absolute Gasteiger partial charge is 0.410 e. The van der Waals surface area contributed by atoms with E-state index in [0.717, 1.165) is 5.56 Å². The van der Waals surface area contributed by atoms with Crippen molar-refractivity contribution in [2.75, 3.05) is 13.1 Å². The van der Waals surface area contributed by atoms with Gasteiger partial charge in [0, 0.05) is 13.1 Å². The molecule has 0 bridgehead atoms. The van der Waals surface area contributed by atoms with E-state index in [1.54, 1.807) is 29.6 Å². The van der Waals surface area contributed by atoms with E-state index >= 15 is 0 Å². The van der Waals surface area contributed by atoms with Crippen molar-refractivity contribution >= 4 is 29.7 Å². The molecule has 10 nitrogen and oxygen atoms in total. The SMILES string of the molecule is CC(C)C(NC(=O)C1CCCN1C(=O)OCc1ccccc1)C(=O)C(F)(F)C(=O)NCCC(=O)O. The van der Waals surface area contributed by atoms with Crippen molar-refractivity contribution < 1.29 is 42.6 Å². The molecule has 1 fully saturated rings. The van der Waals surface area contributed by atoms with Crippen LogP contribution >= 0.6 is 0 Å². The lowest BCUT2D eigenvalue weighted by atomic mass is 9.94. The lowest BCUT2D eigenvalue weighted by Crippen LogP contribution is -2.58. The second kappa shape index (κ2) is 12.2. The van der Waals surface area contributed by atoms with E-state index in [-0.39, 0.29) is 19.6 Å². The van der Waals surface area contributed by atoms with E-state index in [0.29, 0.717) is 6.42 Å². The molecular formula is C23H29F2N3O7. The highest BCUT2D eigenvalue weighted by Crippen LogP contribution is 2.23. The number of rotatable bonds is 11. The maximum Gasteiger partial charge on any atom is 0.410 e. The number of amides is 3. The van der Waals surface area contributed by atoms with Gasteiger partial charge in [0.25, 0.3) is 5.91 Å². The molecule has 2 unspecified atom stereocenters. The number of ketones is 1. The highest BCUT2D eigenvalue weighted by Gasteiger charge is 2.51. The van der Waals surface area contributed by atoms with Crippen LogP contribution in [0, 0.1) is 5.92 Å². The zero-order valence-electron chi connectivity index (χ0n) is 19.5. The number of aliphatic carboxylic acids is 1. The van der Waals surface area contributed by atoms with Gasteiger partial charge >= 0.3 is 18.0 Å². The molecule has 1 saturated heterocycles. The third-order valence-electron chi connectivity index (χ3n) is 5.46. The van der Waals surface area contributed by atoms with Crippen LogP contribution in [0.25, 0.3) is 0 Å². The van der Waals surface area contributed by atoms with Crippen LogP contribution in [0.15, 0.2) is 30.3 Å². The van der Waals surface area contributed by atoms with Crippen LogP contribution < -0.4 is 10.6 Å². The molecule has 1 aliphatic heterocycles.